The molecule has 2 fully saturated rings. The average molecular weight is 240 g/mol. The van der Waals surface area contributed by atoms with Crippen molar-refractivity contribution in [2.24, 2.45) is 0 Å². The van der Waals surface area contributed by atoms with Gasteiger partial charge in [-0.1, -0.05) is 6.92 Å². The minimum absolute atomic E-state index is 0.0754. The topological polar surface area (TPSA) is 41.6 Å². The molecule has 17 heavy (non-hydrogen) atoms. The number of rotatable bonds is 7. The van der Waals surface area contributed by atoms with Crippen molar-refractivity contribution in [2.75, 3.05) is 26.3 Å². The third-order valence-corrected chi connectivity index (χ3v) is 3.67. The summed E-state index contributed by atoms with van der Waals surface area (Å²) in [6.45, 7) is 5.62. The van der Waals surface area contributed by atoms with Crippen LogP contribution in [0, 0.1) is 0 Å². The molecule has 4 nitrogen and oxygen atoms in total. The van der Waals surface area contributed by atoms with Crippen LogP contribution in [0.25, 0.3) is 0 Å². The third kappa shape index (κ3) is 3.19. The minimum Gasteiger partial charge on any atom is -0.381 e. The molecule has 2 saturated heterocycles. The first-order chi connectivity index (χ1) is 8.33. The molecule has 0 saturated carbocycles. The number of hydrogen-bond acceptors (Lipinski definition) is 3. The van der Waals surface area contributed by atoms with Gasteiger partial charge < -0.3 is 15.0 Å². The van der Waals surface area contributed by atoms with Gasteiger partial charge >= 0.3 is 0 Å². The monoisotopic (exact) mass is 240 g/mol. The van der Waals surface area contributed by atoms with Crippen molar-refractivity contribution in [1.29, 1.82) is 0 Å². The SMILES string of the molecule is CCCOCCCNC1CC2CCCN2C1=O. The number of amides is 1. The molecule has 4 heteroatoms. The Morgan fingerprint density at radius 1 is 1.47 bits per heavy atom. The molecule has 2 heterocycles. The molecular weight excluding hydrogens is 216 g/mol. The fraction of sp³-hybridized carbons (Fsp3) is 0.923. The summed E-state index contributed by atoms with van der Waals surface area (Å²) < 4.78 is 5.41. The summed E-state index contributed by atoms with van der Waals surface area (Å²) in [6, 6.07) is 0.600. The van der Waals surface area contributed by atoms with Gasteiger partial charge in [0.2, 0.25) is 5.91 Å². The molecule has 1 N–H and O–H groups in total. The van der Waals surface area contributed by atoms with E-state index in [1.165, 1.54) is 12.8 Å². The molecule has 1 amide bonds. The number of hydrogen-bond donors (Lipinski definition) is 1. The fourth-order valence-corrected chi connectivity index (χ4v) is 2.81. The van der Waals surface area contributed by atoms with Crippen LogP contribution in [0.5, 0.6) is 0 Å². The summed E-state index contributed by atoms with van der Waals surface area (Å²) in [6.07, 6.45) is 5.46. The molecule has 0 aromatic carbocycles. The molecule has 0 aliphatic carbocycles. The Labute approximate surface area is 104 Å². The predicted molar refractivity (Wildman–Crippen MR) is 66.9 cm³/mol. The van der Waals surface area contributed by atoms with E-state index in [0.29, 0.717) is 11.9 Å². The highest BCUT2D eigenvalue weighted by Crippen LogP contribution is 2.28. The maximum atomic E-state index is 12.0. The summed E-state index contributed by atoms with van der Waals surface area (Å²) in [5.74, 6) is 0.321. The van der Waals surface area contributed by atoms with Gasteiger partial charge in [-0.2, -0.15) is 0 Å². The normalized spacial score (nSPS) is 27.8. The lowest BCUT2D eigenvalue weighted by Crippen LogP contribution is -2.38. The molecule has 0 radical (unpaired) electrons. The lowest BCUT2D eigenvalue weighted by Gasteiger charge is -2.14. The van der Waals surface area contributed by atoms with Gasteiger partial charge in [0.1, 0.15) is 0 Å². The Bertz CT molecular complexity index is 258. The Balaban J connectivity index is 1.59. The van der Waals surface area contributed by atoms with Gasteiger partial charge in [-0.3, -0.25) is 4.79 Å². The van der Waals surface area contributed by atoms with Crippen molar-refractivity contribution in [3.05, 3.63) is 0 Å². The van der Waals surface area contributed by atoms with Crippen LogP contribution in [0.4, 0.5) is 0 Å². The number of ether oxygens (including phenoxy) is 1. The standard InChI is InChI=1S/C13H24N2O2/c1-2-8-17-9-4-6-14-12-10-11-5-3-7-15(11)13(12)16/h11-12,14H,2-10H2,1H3. The van der Waals surface area contributed by atoms with Crippen LogP contribution >= 0.6 is 0 Å². The van der Waals surface area contributed by atoms with Crippen LogP contribution in [-0.4, -0.2) is 49.2 Å². The number of nitrogens with zero attached hydrogens (tertiary/aromatic N) is 1. The van der Waals surface area contributed by atoms with E-state index in [2.05, 4.69) is 17.1 Å². The average Bonchev–Trinajstić information content (AvgIpc) is 2.88. The molecular formula is C13H24N2O2. The minimum atomic E-state index is 0.0754. The van der Waals surface area contributed by atoms with E-state index < -0.39 is 0 Å². The smallest absolute Gasteiger partial charge is 0.240 e. The molecule has 0 aromatic rings. The highest BCUT2D eigenvalue weighted by molar-refractivity contribution is 5.84. The number of fused-ring (bicyclic) bond motifs is 1. The van der Waals surface area contributed by atoms with Crippen LogP contribution in [0.15, 0.2) is 0 Å². The van der Waals surface area contributed by atoms with E-state index in [9.17, 15) is 4.79 Å². The maximum absolute atomic E-state index is 12.0. The number of nitrogens with one attached hydrogen (secondary N) is 1. The lowest BCUT2D eigenvalue weighted by molar-refractivity contribution is -0.129. The van der Waals surface area contributed by atoms with E-state index in [0.717, 1.165) is 45.6 Å². The summed E-state index contributed by atoms with van der Waals surface area (Å²) in [4.78, 5) is 14.0. The van der Waals surface area contributed by atoms with Crippen molar-refractivity contribution in [2.45, 2.75) is 51.1 Å². The molecule has 0 spiro atoms. The lowest BCUT2D eigenvalue weighted by atomic mass is 10.1. The van der Waals surface area contributed by atoms with Crippen molar-refractivity contribution < 1.29 is 9.53 Å². The third-order valence-electron chi connectivity index (χ3n) is 3.67. The van der Waals surface area contributed by atoms with E-state index >= 15 is 0 Å². The predicted octanol–water partition coefficient (Wildman–Crippen LogP) is 1.16. The zero-order valence-corrected chi connectivity index (χ0v) is 10.8. The van der Waals surface area contributed by atoms with E-state index in [1.807, 2.05) is 0 Å². The van der Waals surface area contributed by atoms with Crippen LogP contribution in [0.3, 0.4) is 0 Å². The van der Waals surface area contributed by atoms with Gasteiger partial charge in [-0.15, -0.1) is 0 Å². The Hall–Kier alpha value is -0.610. The summed E-state index contributed by atoms with van der Waals surface area (Å²) in [5, 5.41) is 3.37. The van der Waals surface area contributed by atoms with Gasteiger partial charge in [0.05, 0.1) is 6.04 Å². The van der Waals surface area contributed by atoms with E-state index in [4.69, 9.17) is 4.74 Å². The molecule has 0 aromatic heterocycles. The zero-order chi connectivity index (χ0) is 12.1. The highest BCUT2D eigenvalue weighted by atomic mass is 16.5. The molecule has 2 aliphatic heterocycles. The maximum Gasteiger partial charge on any atom is 0.240 e. The molecule has 2 aliphatic rings. The van der Waals surface area contributed by atoms with E-state index in [-0.39, 0.29) is 6.04 Å². The van der Waals surface area contributed by atoms with Gasteiger partial charge in [-0.05, 0) is 38.6 Å². The van der Waals surface area contributed by atoms with Gasteiger partial charge in [0.25, 0.3) is 0 Å². The van der Waals surface area contributed by atoms with Crippen molar-refractivity contribution >= 4 is 5.91 Å². The van der Waals surface area contributed by atoms with Crippen molar-refractivity contribution in [3.8, 4) is 0 Å². The Morgan fingerprint density at radius 2 is 2.35 bits per heavy atom. The van der Waals surface area contributed by atoms with Crippen molar-refractivity contribution in [3.63, 3.8) is 0 Å². The van der Waals surface area contributed by atoms with Crippen LogP contribution in [-0.2, 0) is 9.53 Å². The molecule has 2 unspecified atom stereocenters. The number of carbonyl (C=O) groups is 1. The van der Waals surface area contributed by atoms with Crippen molar-refractivity contribution in [1.82, 2.24) is 10.2 Å². The largest absolute Gasteiger partial charge is 0.381 e. The second-order valence-corrected chi connectivity index (χ2v) is 5.04. The van der Waals surface area contributed by atoms with Crippen LogP contribution in [0.1, 0.15) is 39.0 Å². The second kappa shape index (κ2) is 6.36. The van der Waals surface area contributed by atoms with E-state index in [1.54, 1.807) is 0 Å². The number of carbonyl (C=O) groups excluding carboxylic acids is 1. The molecule has 98 valence electrons. The van der Waals surface area contributed by atoms with Gasteiger partial charge in [0, 0.05) is 25.8 Å². The quantitative estimate of drug-likeness (QED) is 0.679. The van der Waals surface area contributed by atoms with Crippen LogP contribution < -0.4 is 5.32 Å². The van der Waals surface area contributed by atoms with Gasteiger partial charge in [0.15, 0.2) is 0 Å². The fourth-order valence-electron chi connectivity index (χ4n) is 2.81. The first kappa shape index (κ1) is 12.8. The molecule has 2 atom stereocenters. The summed E-state index contributed by atoms with van der Waals surface area (Å²) in [7, 11) is 0. The Morgan fingerprint density at radius 3 is 3.12 bits per heavy atom. The second-order valence-electron chi connectivity index (χ2n) is 5.04. The highest BCUT2D eigenvalue weighted by Gasteiger charge is 2.41. The Kier molecular flexibility index (Phi) is 4.80. The molecule has 0 bridgehead atoms. The first-order valence-electron chi connectivity index (χ1n) is 6.94. The van der Waals surface area contributed by atoms with Crippen LogP contribution in [0.2, 0.25) is 0 Å². The summed E-state index contributed by atoms with van der Waals surface area (Å²) in [5.41, 5.74) is 0. The zero-order valence-electron chi connectivity index (χ0n) is 10.8. The summed E-state index contributed by atoms with van der Waals surface area (Å²) >= 11 is 0. The first-order valence-corrected chi connectivity index (χ1v) is 6.94. The van der Waals surface area contributed by atoms with Gasteiger partial charge in [-0.25, -0.2) is 0 Å². The molecule has 2 rings (SSSR count).